The molecule has 0 aliphatic heterocycles. The number of anilines is 1. The number of hydrazine groups is 1. The fourth-order valence-electron chi connectivity index (χ4n) is 1.76. The molecule has 1 heterocycles. The number of hydrogen-bond donors (Lipinski definition) is 2. The molecule has 0 saturated carbocycles. The average Bonchev–Trinajstić information content (AvgIpc) is 2.42. The van der Waals surface area contributed by atoms with Gasteiger partial charge in [0, 0.05) is 26.4 Å². The number of nitrogens with two attached hydrogens (primary N) is 1. The second-order valence-corrected chi connectivity index (χ2v) is 5.24. The van der Waals surface area contributed by atoms with Crippen LogP contribution < -0.4 is 11.3 Å². The predicted molar refractivity (Wildman–Crippen MR) is 79.7 cm³/mol. The molecule has 1 amide bonds. The Kier molecular flexibility index (Phi) is 6.70. The van der Waals surface area contributed by atoms with Crippen LogP contribution in [-0.4, -0.2) is 42.6 Å². The summed E-state index contributed by atoms with van der Waals surface area (Å²) in [6.07, 6.45) is 1.46. The Morgan fingerprint density at radius 2 is 2.30 bits per heavy atom. The maximum absolute atomic E-state index is 12.5. The highest BCUT2D eigenvalue weighted by atomic mass is 35.5. The predicted octanol–water partition coefficient (Wildman–Crippen LogP) is 1.77. The van der Waals surface area contributed by atoms with E-state index in [1.165, 1.54) is 6.20 Å². The molecule has 0 saturated heterocycles. The number of ether oxygens (including phenoxy) is 1. The van der Waals surface area contributed by atoms with Crippen LogP contribution in [0.4, 0.5) is 5.82 Å². The molecule has 0 fully saturated rings. The van der Waals surface area contributed by atoms with E-state index in [2.05, 4.69) is 24.3 Å². The normalized spacial score (nSPS) is 10.7. The van der Waals surface area contributed by atoms with E-state index >= 15 is 0 Å². The summed E-state index contributed by atoms with van der Waals surface area (Å²) in [5.74, 6) is 5.85. The van der Waals surface area contributed by atoms with Crippen molar-refractivity contribution < 1.29 is 9.53 Å². The molecule has 112 valence electrons. The van der Waals surface area contributed by atoms with E-state index < -0.39 is 0 Å². The van der Waals surface area contributed by atoms with Gasteiger partial charge in [0.1, 0.15) is 0 Å². The summed E-state index contributed by atoms with van der Waals surface area (Å²) in [5, 5.41) is 0.314. The summed E-state index contributed by atoms with van der Waals surface area (Å²) >= 11 is 5.99. The van der Waals surface area contributed by atoms with Gasteiger partial charge in [-0.3, -0.25) is 4.79 Å². The largest absolute Gasteiger partial charge is 0.383 e. The van der Waals surface area contributed by atoms with Crippen LogP contribution in [0.3, 0.4) is 0 Å². The lowest BCUT2D eigenvalue weighted by atomic mass is 10.1. The molecule has 20 heavy (non-hydrogen) atoms. The first-order chi connectivity index (χ1) is 9.49. The molecule has 6 nitrogen and oxygen atoms in total. The summed E-state index contributed by atoms with van der Waals surface area (Å²) < 4.78 is 5.04. The van der Waals surface area contributed by atoms with Crippen LogP contribution >= 0.6 is 11.6 Å². The van der Waals surface area contributed by atoms with Crippen molar-refractivity contribution in [2.75, 3.05) is 32.2 Å². The highest BCUT2D eigenvalue weighted by molar-refractivity contribution is 6.33. The van der Waals surface area contributed by atoms with Crippen LogP contribution in [0.1, 0.15) is 24.2 Å². The second-order valence-electron chi connectivity index (χ2n) is 4.84. The average molecular weight is 301 g/mol. The summed E-state index contributed by atoms with van der Waals surface area (Å²) in [4.78, 5) is 18.2. The molecule has 0 atom stereocenters. The minimum absolute atomic E-state index is 0.117. The third-order valence-electron chi connectivity index (χ3n) is 2.66. The minimum Gasteiger partial charge on any atom is -0.383 e. The molecule has 0 unspecified atom stereocenters. The maximum atomic E-state index is 12.5. The number of methoxy groups -OCH3 is 1. The number of nitrogens with one attached hydrogen (secondary N) is 1. The van der Waals surface area contributed by atoms with Gasteiger partial charge >= 0.3 is 0 Å². The van der Waals surface area contributed by atoms with Gasteiger partial charge in [0.15, 0.2) is 5.82 Å². The molecule has 3 N–H and O–H groups in total. The molecule has 0 aromatic carbocycles. The summed E-state index contributed by atoms with van der Waals surface area (Å²) in [6.45, 7) is 5.78. The molecule has 1 aromatic heterocycles. The number of pyridine rings is 1. The molecule has 1 rings (SSSR count). The monoisotopic (exact) mass is 300 g/mol. The number of rotatable bonds is 7. The first-order valence-electron chi connectivity index (χ1n) is 6.40. The smallest absolute Gasteiger partial charge is 0.255 e. The standard InChI is InChI=1S/C13H21ClN4O2/c1-9(2)8-18(4-5-20-3)13(19)10-6-11(14)12(17-15)16-7-10/h6-7,9H,4-5,8,15H2,1-3H3,(H,16,17). The van der Waals surface area contributed by atoms with Crippen molar-refractivity contribution in [3.05, 3.63) is 22.8 Å². The van der Waals surface area contributed by atoms with E-state index in [4.69, 9.17) is 22.2 Å². The molecular formula is C13H21ClN4O2. The number of halogens is 1. The van der Waals surface area contributed by atoms with E-state index in [1.54, 1.807) is 18.1 Å². The highest BCUT2D eigenvalue weighted by Gasteiger charge is 2.18. The molecule has 0 spiro atoms. The van der Waals surface area contributed by atoms with Crippen molar-refractivity contribution in [1.29, 1.82) is 0 Å². The van der Waals surface area contributed by atoms with Crippen LogP contribution in [-0.2, 0) is 4.74 Å². The van der Waals surface area contributed by atoms with Crippen molar-refractivity contribution in [3.8, 4) is 0 Å². The van der Waals surface area contributed by atoms with E-state index in [9.17, 15) is 4.79 Å². The number of nitrogens with zero attached hydrogens (tertiary/aromatic N) is 2. The Morgan fingerprint density at radius 3 is 2.80 bits per heavy atom. The Balaban J connectivity index is 2.90. The Bertz CT molecular complexity index is 454. The zero-order valence-corrected chi connectivity index (χ0v) is 12.8. The second kappa shape index (κ2) is 8.04. The minimum atomic E-state index is -0.117. The lowest BCUT2D eigenvalue weighted by Gasteiger charge is -2.24. The lowest BCUT2D eigenvalue weighted by molar-refractivity contribution is 0.0672. The molecule has 0 radical (unpaired) electrons. The Labute approximate surface area is 124 Å². The van der Waals surface area contributed by atoms with Crippen molar-refractivity contribution in [2.45, 2.75) is 13.8 Å². The maximum Gasteiger partial charge on any atom is 0.255 e. The molecule has 0 aliphatic rings. The van der Waals surface area contributed by atoms with Gasteiger partial charge in [-0.15, -0.1) is 0 Å². The summed E-state index contributed by atoms with van der Waals surface area (Å²) in [6, 6.07) is 1.56. The first kappa shape index (κ1) is 16.7. The van der Waals surface area contributed by atoms with Crippen LogP contribution in [0.25, 0.3) is 0 Å². The number of aromatic nitrogens is 1. The SMILES string of the molecule is COCCN(CC(C)C)C(=O)c1cnc(NN)c(Cl)c1. The van der Waals surface area contributed by atoms with Gasteiger partial charge in [-0.2, -0.15) is 0 Å². The molecule has 7 heteroatoms. The molecule has 1 aromatic rings. The number of hydrogen-bond acceptors (Lipinski definition) is 5. The number of carbonyl (C=O) groups is 1. The Morgan fingerprint density at radius 1 is 1.60 bits per heavy atom. The van der Waals surface area contributed by atoms with Crippen molar-refractivity contribution in [2.24, 2.45) is 11.8 Å². The zero-order chi connectivity index (χ0) is 15.1. The fourth-order valence-corrected chi connectivity index (χ4v) is 1.98. The van der Waals surface area contributed by atoms with Crippen LogP contribution in [0.5, 0.6) is 0 Å². The third kappa shape index (κ3) is 4.63. The van der Waals surface area contributed by atoms with Gasteiger partial charge < -0.3 is 15.1 Å². The molecular weight excluding hydrogens is 280 g/mol. The first-order valence-corrected chi connectivity index (χ1v) is 6.77. The highest BCUT2D eigenvalue weighted by Crippen LogP contribution is 2.20. The van der Waals surface area contributed by atoms with Gasteiger partial charge in [-0.1, -0.05) is 25.4 Å². The van der Waals surface area contributed by atoms with Crippen molar-refractivity contribution in [1.82, 2.24) is 9.88 Å². The van der Waals surface area contributed by atoms with Crippen molar-refractivity contribution in [3.63, 3.8) is 0 Å². The zero-order valence-electron chi connectivity index (χ0n) is 12.0. The molecule has 0 aliphatic carbocycles. The quantitative estimate of drug-likeness (QED) is 0.592. The Hall–Kier alpha value is -1.37. The van der Waals surface area contributed by atoms with E-state index in [0.29, 0.717) is 42.0 Å². The van der Waals surface area contributed by atoms with Crippen LogP contribution in [0, 0.1) is 5.92 Å². The molecule has 0 bridgehead atoms. The van der Waals surface area contributed by atoms with E-state index in [-0.39, 0.29) is 5.91 Å². The fraction of sp³-hybridized carbons (Fsp3) is 0.538. The van der Waals surface area contributed by atoms with Gasteiger partial charge in [0.05, 0.1) is 17.2 Å². The summed E-state index contributed by atoms with van der Waals surface area (Å²) in [7, 11) is 1.61. The number of carbonyl (C=O) groups excluding carboxylic acids is 1. The summed E-state index contributed by atoms with van der Waals surface area (Å²) in [5.41, 5.74) is 2.81. The van der Waals surface area contributed by atoms with Crippen LogP contribution in [0.2, 0.25) is 5.02 Å². The van der Waals surface area contributed by atoms with Gasteiger partial charge in [-0.25, -0.2) is 10.8 Å². The number of nitrogen functional groups attached to an aromatic ring is 1. The van der Waals surface area contributed by atoms with Gasteiger partial charge in [0.25, 0.3) is 5.91 Å². The van der Waals surface area contributed by atoms with Gasteiger partial charge in [-0.05, 0) is 12.0 Å². The third-order valence-corrected chi connectivity index (χ3v) is 2.95. The topological polar surface area (TPSA) is 80.5 Å². The van der Waals surface area contributed by atoms with Crippen molar-refractivity contribution >= 4 is 23.3 Å². The van der Waals surface area contributed by atoms with E-state index in [0.717, 1.165) is 0 Å². The van der Waals surface area contributed by atoms with Gasteiger partial charge in [0.2, 0.25) is 0 Å². The lowest BCUT2D eigenvalue weighted by Crippen LogP contribution is -2.36. The number of amides is 1. The van der Waals surface area contributed by atoms with Crippen LogP contribution in [0.15, 0.2) is 12.3 Å². The van der Waals surface area contributed by atoms with E-state index in [1.807, 2.05) is 0 Å².